The van der Waals surface area contributed by atoms with Crippen molar-refractivity contribution in [2.24, 2.45) is 0 Å². The molecule has 1 aliphatic rings. The highest BCUT2D eigenvalue weighted by atomic mass is 35.5. The highest BCUT2D eigenvalue weighted by Crippen LogP contribution is 2.31. The van der Waals surface area contributed by atoms with Gasteiger partial charge in [0.15, 0.2) is 11.5 Å². The van der Waals surface area contributed by atoms with E-state index in [1.807, 2.05) is 24.3 Å². The summed E-state index contributed by atoms with van der Waals surface area (Å²) in [7, 11) is 1.60. The van der Waals surface area contributed by atoms with Gasteiger partial charge in [0.2, 0.25) is 5.91 Å². The number of rotatable bonds is 5. The molecule has 7 nitrogen and oxygen atoms in total. The Hall–Kier alpha value is -2.74. The number of anilines is 1. The molecule has 9 heteroatoms. The minimum atomic E-state index is -0.454. The third-order valence-electron chi connectivity index (χ3n) is 4.43. The molecule has 0 radical (unpaired) electrons. The number of H-pyrrole nitrogens is 1. The van der Waals surface area contributed by atoms with Gasteiger partial charge in [0.25, 0.3) is 0 Å². The second-order valence-electron chi connectivity index (χ2n) is 6.17. The lowest BCUT2D eigenvalue weighted by atomic mass is 10.0. The molecule has 2 aromatic carbocycles. The van der Waals surface area contributed by atoms with Crippen LogP contribution in [-0.2, 0) is 11.2 Å². The fourth-order valence-corrected chi connectivity index (χ4v) is 3.09. The molecule has 1 aromatic heterocycles. The summed E-state index contributed by atoms with van der Waals surface area (Å²) in [4.78, 5) is 20.0. The summed E-state index contributed by atoms with van der Waals surface area (Å²) in [6.07, 6.45) is 2.47. The molecule has 0 spiro atoms. The molecule has 3 N–H and O–H groups in total. The van der Waals surface area contributed by atoms with Crippen LogP contribution in [0.4, 0.5) is 5.69 Å². The lowest BCUT2D eigenvalue weighted by Gasteiger charge is -2.22. The predicted octanol–water partition coefficient (Wildman–Crippen LogP) is 3.88. The zero-order chi connectivity index (χ0) is 18.6. The number of amides is 1. The Morgan fingerprint density at radius 2 is 1.83 bits per heavy atom. The maximum absolute atomic E-state index is 12.6. The molecule has 0 saturated carbocycles. The van der Waals surface area contributed by atoms with Crippen LogP contribution in [-0.4, -0.2) is 29.5 Å². The Kier molecular flexibility index (Phi) is 7.90. The van der Waals surface area contributed by atoms with E-state index in [0.717, 1.165) is 24.4 Å². The number of imidazole rings is 1. The van der Waals surface area contributed by atoms with Gasteiger partial charge in [-0.3, -0.25) is 4.79 Å². The van der Waals surface area contributed by atoms with E-state index in [9.17, 15) is 4.79 Å². The summed E-state index contributed by atoms with van der Waals surface area (Å²) in [6, 6.07) is 14.2. The van der Waals surface area contributed by atoms with E-state index >= 15 is 0 Å². The van der Waals surface area contributed by atoms with E-state index in [-0.39, 0.29) is 30.7 Å². The molecule has 0 fully saturated rings. The summed E-state index contributed by atoms with van der Waals surface area (Å²) in [5.74, 6) is 1.81. The van der Waals surface area contributed by atoms with Gasteiger partial charge in [0.1, 0.15) is 11.8 Å². The summed E-state index contributed by atoms with van der Waals surface area (Å²) >= 11 is 0. The summed E-state index contributed by atoms with van der Waals surface area (Å²) in [5.41, 5.74) is 2.46. The first-order chi connectivity index (χ1) is 13.2. The molecule has 3 aromatic rings. The number of carbonyl (C=O) groups is 1. The highest BCUT2D eigenvalue weighted by molar-refractivity contribution is 5.95. The van der Waals surface area contributed by atoms with Crippen LogP contribution >= 0.6 is 24.8 Å². The number of aromatic amines is 1. The third-order valence-corrected chi connectivity index (χ3v) is 4.43. The van der Waals surface area contributed by atoms with E-state index < -0.39 is 6.04 Å². The number of para-hydroxylation sites is 2. The van der Waals surface area contributed by atoms with Crippen molar-refractivity contribution in [3.8, 4) is 17.2 Å². The van der Waals surface area contributed by atoms with Crippen molar-refractivity contribution in [1.82, 2.24) is 15.3 Å². The molecule has 2 heterocycles. The molecule has 0 saturated heterocycles. The molecular weight excluding hydrogens is 415 g/mol. The molecule has 0 aliphatic carbocycles. The van der Waals surface area contributed by atoms with Crippen molar-refractivity contribution in [2.75, 3.05) is 19.0 Å². The number of benzene rings is 2. The molecule has 1 unspecified atom stereocenters. The Balaban J connectivity index is 0.00000150. The number of hydrogen-bond donors (Lipinski definition) is 3. The summed E-state index contributed by atoms with van der Waals surface area (Å²) in [5, 5.41) is 6.13. The topological polar surface area (TPSA) is 88.3 Å². The standard InChI is InChI=1S/C20H20N4O3.2ClH/c1-26-16-4-2-3-5-17(16)27-14-8-6-13(7-9-14)24-20(25)19-18-15(10-11-21-19)22-12-23-18;;/h2-9,12,19,21H,10-11H2,1H3,(H,22,23)(H,24,25);2*1H. The van der Waals surface area contributed by atoms with Crippen LogP contribution in [0.25, 0.3) is 0 Å². The highest BCUT2D eigenvalue weighted by Gasteiger charge is 2.28. The normalized spacial score (nSPS) is 14.6. The first kappa shape index (κ1) is 22.5. The smallest absolute Gasteiger partial charge is 0.247 e. The first-order valence-corrected chi connectivity index (χ1v) is 8.72. The fourth-order valence-electron chi connectivity index (χ4n) is 3.09. The molecule has 29 heavy (non-hydrogen) atoms. The second-order valence-corrected chi connectivity index (χ2v) is 6.17. The number of nitrogens with zero attached hydrogens (tertiary/aromatic N) is 1. The lowest BCUT2D eigenvalue weighted by Crippen LogP contribution is -2.38. The molecular formula is C20H22Cl2N4O3. The Morgan fingerprint density at radius 3 is 2.55 bits per heavy atom. The van der Waals surface area contributed by atoms with Crippen molar-refractivity contribution in [3.63, 3.8) is 0 Å². The third kappa shape index (κ3) is 5.00. The van der Waals surface area contributed by atoms with Crippen molar-refractivity contribution in [3.05, 3.63) is 66.2 Å². The Labute approximate surface area is 181 Å². The van der Waals surface area contributed by atoms with Gasteiger partial charge >= 0.3 is 0 Å². The SMILES string of the molecule is COc1ccccc1Oc1ccc(NC(=O)C2NCCc3[nH]cnc32)cc1.Cl.Cl. The fraction of sp³-hybridized carbons (Fsp3) is 0.200. The average Bonchev–Trinajstić information content (AvgIpc) is 3.18. The van der Waals surface area contributed by atoms with E-state index in [4.69, 9.17) is 9.47 Å². The monoisotopic (exact) mass is 436 g/mol. The number of hydrogen-bond acceptors (Lipinski definition) is 5. The lowest BCUT2D eigenvalue weighted by molar-refractivity contribution is -0.118. The largest absolute Gasteiger partial charge is 0.493 e. The van der Waals surface area contributed by atoms with Crippen LogP contribution < -0.4 is 20.1 Å². The van der Waals surface area contributed by atoms with E-state index in [1.165, 1.54) is 0 Å². The molecule has 1 amide bonds. The van der Waals surface area contributed by atoms with Crippen molar-refractivity contribution in [1.29, 1.82) is 0 Å². The maximum Gasteiger partial charge on any atom is 0.247 e. The van der Waals surface area contributed by atoms with E-state index in [0.29, 0.717) is 22.9 Å². The van der Waals surface area contributed by atoms with Crippen LogP contribution in [0.5, 0.6) is 17.2 Å². The van der Waals surface area contributed by atoms with Crippen LogP contribution in [0, 0.1) is 0 Å². The van der Waals surface area contributed by atoms with Crippen LogP contribution in [0.2, 0.25) is 0 Å². The molecule has 4 rings (SSSR count). The van der Waals surface area contributed by atoms with Crippen LogP contribution in [0.1, 0.15) is 17.4 Å². The maximum atomic E-state index is 12.6. The molecule has 0 bridgehead atoms. The van der Waals surface area contributed by atoms with Gasteiger partial charge in [-0.05, 0) is 36.4 Å². The molecule has 154 valence electrons. The van der Waals surface area contributed by atoms with Crippen LogP contribution in [0.3, 0.4) is 0 Å². The number of methoxy groups -OCH3 is 1. The van der Waals surface area contributed by atoms with Crippen molar-refractivity contribution in [2.45, 2.75) is 12.5 Å². The minimum absolute atomic E-state index is 0. The van der Waals surface area contributed by atoms with E-state index in [1.54, 1.807) is 37.7 Å². The number of nitrogens with one attached hydrogen (secondary N) is 3. The van der Waals surface area contributed by atoms with Gasteiger partial charge in [0, 0.05) is 24.3 Å². The predicted molar refractivity (Wildman–Crippen MR) is 116 cm³/mol. The van der Waals surface area contributed by atoms with Gasteiger partial charge in [-0.15, -0.1) is 24.8 Å². The quantitative estimate of drug-likeness (QED) is 0.564. The summed E-state index contributed by atoms with van der Waals surface area (Å²) < 4.78 is 11.1. The molecule has 1 aliphatic heterocycles. The Morgan fingerprint density at radius 1 is 1.10 bits per heavy atom. The average molecular weight is 437 g/mol. The number of halogens is 2. The van der Waals surface area contributed by atoms with Crippen LogP contribution in [0.15, 0.2) is 54.9 Å². The first-order valence-electron chi connectivity index (χ1n) is 8.72. The summed E-state index contributed by atoms with van der Waals surface area (Å²) in [6.45, 7) is 0.735. The zero-order valence-corrected chi connectivity index (χ0v) is 17.3. The van der Waals surface area contributed by atoms with Gasteiger partial charge in [-0.25, -0.2) is 4.98 Å². The van der Waals surface area contributed by atoms with Crippen molar-refractivity contribution < 1.29 is 14.3 Å². The second kappa shape index (κ2) is 10.2. The van der Waals surface area contributed by atoms with Gasteiger partial charge in [-0.1, -0.05) is 12.1 Å². The van der Waals surface area contributed by atoms with Gasteiger partial charge in [0.05, 0.1) is 19.1 Å². The van der Waals surface area contributed by atoms with Gasteiger partial charge < -0.3 is 25.1 Å². The number of carbonyl (C=O) groups excluding carboxylic acids is 1. The number of ether oxygens (including phenoxy) is 2. The number of aromatic nitrogens is 2. The van der Waals surface area contributed by atoms with Gasteiger partial charge in [-0.2, -0.15) is 0 Å². The van der Waals surface area contributed by atoms with Crippen molar-refractivity contribution >= 4 is 36.4 Å². The number of fused-ring (bicyclic) bond motifs is 1. The molecule has 1 atom stereocenters. The van der Waals surface area contributed by atoms with E-state index in [2.05, 4.69) is 20.6 Å². The Bertz CT molecular complexity index is 947. The zero-order valence-electron chi connectivity index (χ0n) is 15.7. The minimum Gasteiger partial charge on any atom is -0.493 e.